The van der Waals surface area contributed by atoms with Gasteiger partial charge in [0.2, 0.25) is 0 Å². The Bertz CT molecular complexity index is 37.1. The molecule has 0 N–H and O–H groups in total. The second kappa shape index (κ2) is 2.89. The zero-order valence-electron chi connectivity index (χ0n) is 2.16. The van der Waals surface area contributed by atoms with E-state index in [1.165, 1.54) is 0 Å². The summed E-state index contributed by atoms with van der Waals surface area (Å²) in [4.78, 5) is 0. The minimum absolute atomic E-state index is 2.29. The summed E-state index contributed by atoms with van der Waals surface area (Å²) in [5.74, 6) is 0. The van der Waals surface area contributed by atoms with Crippen LogP contribution in [0.3, 0.4) is 0 Å². The van der Waals surface area contributed by atoms with Gasteiger partial charge in [0.1, 0.15) is 0 Å². The molecular weight excluding hydrogens is 573 g/mol. The summed E-state index contributed by atoms with van der Waals surface area (Å²) in [5.41, 5.74) is 0. The first kappa shape index (κ1) is 9.92. The molecule has 0 aromatic heterocycles. The van der Waals surface area contributed by atoms with Crippen LogP contribution in [-0.4, -0.2) is 0 Å². The number of hydrogen-bond donors (Lipinski definition) is 0. The Morgan fingerprint density at radius 1 is 0.667 bits per heavy atom. The molecule has 0 saturated carbocycles. The third-order valence-corrected chi connectivity index (χ3v) is 0. The van der Waals surface area contributed by atoms with Crippen molar-refractivity contribution in [1.29, 1.82) is 0 Å². The Labute approximate surface area is 53.7 Å². The maximum atomic E-state index is 3.31. The van der Waals surface area contributed by atoms with Gasteiger partial charge in [-0.1, -0.05) is 0 Å². The molecule has 0 aliphatic carbocycles. The van der Waals surface area contributed by atoms with E-state index < -0.39 is 18.8 Å². The van der Waals surface area contributed by atoms with Crippen molar-refractivity contribution in [2.45, 2.75) is 0 Å². The molecule has 0 bridgehead atoms. The summed E-state index contributed by atoms with van der Waals surface area (Å²) in [6.07, 6.45) is 0. The van der Waals surface area contributed by atoms with Gasteiger partial charge in [0.25, 0.3) is 0 Å². The first-order valence-corrected chi connectivity index (χ1v) is 19.5. The monoisotopic (exact) mass is 569 g/mol. The molecule has 0 amide bonds. The third kappa shape index (κ3) is 24.7. The van der Waals surface area contributed by atoms with Gasteiger partial charge in [0, 0.05) is 0 Å². The molecule has 6 heavy (non-hydrogen) atoms. The van der Waals surface area contributed by atoms with Crippen LogP contribution in [0.4, 0.5) is 0 Å². The average molecular weight is 573 g/mol. The molecule has 0 atom stereocenters. The van der Waals surface area contributed by atoms with Gasteiger partial charge < -0.3 is 0 Å². The molecule has 0 aliphatic heterocycles. The second-order valence-corrected chi connectivity index (χ2v) is 76.5. The minimum atomic E-state index is -2.29. The van der Waals surface area contributed by atoms with Crippen LogP contribution in [0.5, 0.6) is 0 Å². The van der Waals surface area contributed by atoms with E-state index in [2.05, 4.69) is 38.1 Å². The van der Waals surface area contributed by atoms with E-state index in [1.54, 1.807) is 0 Å². The Kier molecular flexibility index (Phi) is 4.77. The van der Waals surface area contributed by atoms with Crippen LogP contribution < -0.4 is 0 Å². The van der Waals surface area contributed by atoms with E-state index >= 15 is 0 Å². The summed E-state index contributed by atoms with van der Waals surface area (Å²) in [5, 5.41) is 0. The van der Waals surface area contributed by atoms with Crippen LogP contribution in [0.15, 0.2) is 0 Å². The number of halogens is 5. The van der Waals surface area contributed by atoms with Crippen LogP contribution in [0.25, 0.3) is 0 Å². The van der Waals surface area contributed by atoms with Gasteiger partial charge in [-0.05, 0) is 0 Å². The van der Waals surface area contributed by atoms with Gasteiger partial charge in [-0.3, -0.25) is 0 Å². The van der Waals surface area contributed by atoms with Crippen molar-refractivity contribution in [3.63, 3.8) is 0 Å². The molecule has 0 radical (unpaired) electrons. The maximum absolute atomic E-state index is 3.31. The van der Waals surface area contributed by atoms with Crippen molar-refractivity contribution >= 4 is 38.1 Å². The van der Waals surface area contributed by atoms with Gasteiger partial charge >= 0.3 is 56.9 Å². The molecule has 0 nitrogen and oxygen atoms in total. The van der Waals surface area contributed by atoms with E-state index in [1.807, 2.05) is 0 Å². The van der Waals surface area contributed by atoms with Crippen LogP contribution >= 0.6 is 38.1 Å². The van der Waals surface area contributed by atoms with Gasteiger partial charge in [-0.2, -0.15) is 0 Å². The zero-order chi connectivity index (χ0) is 5.45. The van der Waals surface area contributed by atoms with E-state index in [9.17, 15) is 0 Å². The Balaban J connectivity index is 3.73. The van der Waals surface area contributed by atoms with Gasteiger partial charge in [0.05, 0.1) is 0 Å². The third-order valence-electron chi connectivity index (χ3n) is 0. The summed E-state index contributed by atoms with van der Waals surface area (Å²) >= 11 is -2.29. The van der Waals surface area contributed by atoms with Gasteiger partial charge in [-0.15, -0.1) is 0 Å². The molecule has 0 fully saturated rings. The van der Waals surface area contributed by atoms with Crippen molar-refractivity contribution in [1.82, 2.24) is 0 Å². The molecule has 6 heteroatoms. The molecule has 0 aromatic carbocycles. The van der Waals surface area contributed by atoms with Crippen molar-refractivity contribution in [3.05, 3.63) is 0 Å². The second-order valence-electron chi connectivity index (χ2n) is 0.382. The number of rotatable bonds is 0. The predicted octanol–water partition coefficient (Wildman–Crippen LogP) is 4.23. The summed E-state index contributed by atoms with van der Waals surface area (Å²) in [6, 6.07) is 0. The molecule has 0 aliphatic rings. The van der Waals surface area contributed by atoms with Crippen molar-refractivity contribution < 1.29 is 18.8 Å². The normalized spacial score (nSPS) is 19.2. The molecular formula is Br5Yb. The quantitative estimate of drug-likeness (QED) is 0.408. The van der Waals surface area contributed by atoms with Crippen LogP contribution in [-0.2, 0) is 0 Å². The van der Waals surface area contributed by atoms with Crippen LogP contribution in [0, 0.1) is 18.8 Å². The van der Waals surface area contributed by atoms with Gasteiger partial charge in [0.15, 0.2) is 0 Å². The fraction of sp³-hybridized carbons (Fsp3) is 0. The molecule has 49 valence electrons. The SMILES string of the molecule is [Br][Yb]([Br])([Br])([Br])[Br]. The molecule has 0 aromatic rings. The molecule has 0 rings (SSSR count). The molecule has 0 saturated heterocycles. The fourth-order valence-electron chi connectivity index (χ4n) is 0. The standard InChI is InChI=1S/5BrH.Yb/h5*1H;/q;;;;;+5/p-5. The molecule has 0 heterocycles. The first-order valence-electron chi connectivity index (χ1n) is 0.505. The van der Waals surface area contributed by atoms with Crippen LogP contribution in [0.2, 0.25) is 0 Å². The van der Waals surface area contributed by atoms with E-state index in [0.717, 1.165) is 0 Å². The van der Waals surface area contributed by atoms with Crippen molar-refractivity contribution in [2.75, 3.05) is 0 Å². The van der Waals surface area contributed by atoms with Crippen molar-refractivity contribution in [3.8, 4) is 0 Å². The Morgan fingerprint density at radius 2 is 0.667 bits per heavy atom. The average Bonchev–Trinajstić information content (AvgIpc) is 0.650. The first-order chi connectivity index (χ1) is 2.24. The fourth-order valence-corrected chi connectivity index (χ4v) is 0. The van der Waals surface area contributed by atoms with E-state index in [4.69, 9.17) is 0 Å². The predicted molar refractivity (Wildman–Crippen MR) is 44.6 cm³/mol. The van der Waals surface area contributed by atoms with Crippen LogP contribution in [0.1, 0.15) is 0 Å². The topological polar surface area (TPSA) is 0 Å². The Morgan fingerprint density at radius 3 is 0.667 bits per heavy atom. The summed E-state index contributed by atoms with van der Waals surface area (Å²) in [6.45, 7) is 0. The van der Waals surface area contributed by atoms with Crippen molar-refractivity contribution in [2.24, 2.45) is 0 Å². The molecule has 0 unspecified atom stereocenters. The van der Waals surface area contributed by atoms with Gasteiger partial charge in [-0.25, -0.2) is 0 Å². The van der Waals surface area contributed by atoms with E-state index in [0.29, 0.717) is 0 Å². The Hall–Kier alpha value is 3.92. The summed E-state index contributed by atoms with van der Waals surface area (Å²) < 4.78 is 0. The molecule has 0 spiro atoms. The van der Waals surface area contributed by atoms with E-state index in [-0.39, 0.29) is 0 Å². The number of hydrogen-bond acceptors (Lipinski definition) is 0. The summed E-state index contributed by atoms with van der Waals surface area (Å²) in [7, 11) is 16.5. The zero-order valence-corrected chi connectivity index (χ0v) is 11.8.